The van der Waals surface area contributed by atoms with E-state index in [0.29, 0.717) is 5.02 Å². The van der Waals surface area contributed by atoms with Crippen molar-refractivity contribution in [2.45, 2.75) is 6.92 Å². The predicted molar refractivity (Wildman–Crippen MR) is 101 cm³/mol. The first-order valence-electron chi connectivity index (χ1n) is 7.32. The van der Waals surface area contributed by atoms with Crippen LogP contribution in [0.4, 0.5) is 5.13 Å². The molecule has 1 N–H and O–H groups in total. The van der Waals surface area contributed by atoms with Crippen molar-refractivity contribution in [2.75, 3.05) is 12.5 Å². The van der Waals surface area contributed by atoms with Gasteiger partial charge in [-0.1, -0.05) is 23.7 Å². The van der Waals surface area contributed by atoms with Crippen LogP contribution in [0.3, 0.4) is 0 Å². The summed E-state index contributed by atoms with van der Waals surface area (Å²) >= 11 is 7.41. The van der Waals surface area contributed by atoms with Crippen LogP contribution in [0.15, 0.2) is 59.0 Å². The molecule has 24 heavy (non-hydrogen) atoms. The van der Waals surface area contributed by atoms with Gasteiger partial charge in [-0.15, -0.1) is 11.3 Å². The summed E-state index contributed by atoms with van der Waals surface area (Å²) in [5.74, 6) is 0.829. The van der Waals surface area contributed by atoms with Crippen molar-refractivity contribution >= 4 is 33.8 Å². The van der Waals surface area contributed by atoms with Gasteiger partial charge in [0, 0.05) is 16.0 Å². The van der Waals surface area contributed by atoms with Crippen molar-refractivity contribution in [3.05, 3.63) is 64.5 Å². The van der Waals surface area contributed by atoms with Crippen molar-refractivity contribution in [3.63, 3.8) is 0 Å². The second kappa shape index (κ2) is 7.47. The number of aromatic nitrogens is 1. The first-order valence-corrected chi connectivity index (χ1v) is 8.57. The SMILES string of the molecule is COc1ccc(-c2csc(N/N=C(/C)c3ccc(Cl)cc3)n2)cc1. The Hall–Kier alpha value is -2.37. The monoisotopic (exact) mass is 357 g/mol. The minimum Gasteiger partial charge on any atom is -0.497 e. The maximum absolute atomic E-state index is 5.90. The van der Waals surface area contributed by atoms with Crippen LogP contribution in [0.1, 0.15) is 12.5 Å². The molecular formula is C18H16ClN3OS. The molecule has 0 atom stereocenters. The summed E-state index contributed by atoms with van der Waals surface area (Å²) in [6.45, 7) is 1.94. The summed E-state index contributed by atoms with van der Waals surface area (Å²) in [5, 5.41) is 7.83. The number of rotatable bonds is 5. The number of benzene rings is 2. The maximum atomic E-state index is 5.90. The van der Waals surface area contributed by atoms with E-state index in [-0.39, 0.29) is 0 Å². The van der Waals surface area contributed by atoms with Crippen molar-refractivity contribution < 1.29 is 4.74 Å². The van der Waals surface area contributed by atoms with E-state index in [0.717, 1.165) is 33.4 Å². The van der Waals surface area contributed by atoms with E-state index in [1.807, 2.05) is 60.8 Å². The van der Waals surface area contributed by atoms with Gasteiger partial charge in [-0.05, 0) is 48.9 Å². The zero-order valence-corrected chi connectivity index (χ0v) is 14.9. The lowest BCUT2D eigenvalue weighted by molar-refractivity contribution is 0.415. The van der Waals surface area contributed by atoms with Crippen molar-refractivity contribution in [2.24, 2.45) is 5.10 Å². The highest BCUT2D eigenvalue weighted by Gasteiger charge is 2.05. The number of methoxy groups -OCH3 is 1. The number of halogens is 1. The maximum Gasteiger partial charge on any atom is 0.203 e. The van der Waals surface area contributed by atoms with E-state index in [4.69, 9.17) is 16.3 Å². The molecule has 3 aromatic rings. The van der Waals surface area contributed by atoms with Crippen LogP contribution in [0.5, 0.6) is 5.75 Å². The quantitative estimate of drug-likeness (QED) is 0.497. The first kappa shape index (κ1) is 16.5. The van der Waals surface area contributed by atoms with E-state index >= 15 is 0 Å². The van der Waals surface area contributed by atoms with Gasteiger partial charge in [0.1, 0.15) is 5.75 Å². The second-order valence-corrected chi connectivity index (χ2v) is 6.38. The minimum atomic E-state index is 0.712. The lowest BCUT2D eigenvalue weighted by Gasteiger charge is -2.02. The number of hydrogen-bond acceptors (Lipinski definition) is 5. The molecule has 122 valence electrons. The van der Waals surface area contributed by atoms with E-state index in [1.54, 1.807) is 7.11 Å². The highest BCUT2D eigenvalue weighted by Crippen LogP contribution is 2.26. The predicted octanol–water partition coefficient (Wildman–Crippen LogP) is 5.31. The summed E-state index contributed by atoms with van der Waals surface area (Å²) < 4.78 is 5.17. The van der Waals surface area contributed by atoms with E-state index in [9.17, 15) is 0 Å². The summed E-state index contributed by atoms with van der Waals surface area (Å²) in [6, 6.07) is 15.4. The van der Waals surface area contributed by atoms with Gasteiger partial charge in [0.2, 0.25) is 5.13 Å². The average Bonchev–Trinajstić information content (AvgIpc) is 3.09. The van der Waals surface area contributed by atoms with Crippen molar-refractivity contribution in [3.8, 4) is 17.0 Å². The normalized spacial score (nSPS) is 11.4. The fourth-order valence-electron chi connectivity index (χ4n) is 2.11. The number of anilines is 1. The number of hydrazone groups is 1. The molecule has 4 nitrogen and oxygen atoms in total. The number of hydrogen-bond donors (Lipinski definition) is 1. The number of thiazole rings is 1. The van der Waals surface area contributed by atoms with Crippen LogP contribution >= 0.6 is 22.9 Å². The molecule has 0 spiro atoms. The Morgan fingerprint density at radius 2 is 1.83 bits per heavy atom. The third-order valence-corrected chi connectivity index (χ3v) is 4.47. The molecule has 0 aliphatic carbocycles. The Morgan fingerprint density at radius 3 is 2.50 bits per heavy atom. The van der Waals surface area contributed by atoms with Gasteiger partial charge in [0.15, 0.2) is 0 Å². The smallest absolute Gasteiger partial charge is 0.203 e. The van der Waals surface area contributed by atoms with Gasteiger partial charge in [-0.25, -0.2) is 4.98 Å². The minimum absolute atomic E-state index is 0.712. The number of nitrogens with one attached hydrogen (secondary N) is 1. The molecule has 0 radical (unpaired) electrons. The lowest BCUT2D eigenvalue weighted by Crippen LogP contribution is -1.99. The van der Waals surface area contributed by atoms with Crippen LogP contribution in [0.2, 0.25) is 5.02 Å². The van der Waals surface area contributed by atoms with Gasteiger partial charge in [0.05, 0.1) is 18.5 Å². The molecule has 1 aromatic heterocycles. The van der Waals surface area contributed by atoms with E-state index in [2.05, 4.69) is 15.5 Å². The highest BCUT2D eigenvalue weighted by molar-refractivity contribution is 7.14. The molecule has 1 heterocycles. The average molecular weight is 358 g/mol. The Labute approximate surface area is 149 Å². The molecule has 6 heteroatoms. The van der Waals surface area contributed by atoms with Crippen LogP contribution in [0, 0.1) is 0 Å². The van der Waals surface area contributed by atoms with Crippen LogP contribution in [0.25, 0.3) is 11.3 Å². The fourth-order valence-corrected chi connectivity index (χ4v) is 2.89. The van der Waals surface area contributed by atoms with Gasteiger partial charge >= 0.3 is 0 Å². The van der Waals surface area contributed by atoms with E-state index in [1.165, 1.54) is 11.3 Å². The molecule has 0 aliphatic rings. The van der Waals surface area contributed by atoms with Gasteiger partial charge in [-0.3, -0.25) is 5.43 Å². The lowest BCUT2D eigenvalue weighted by atomic mass is 10.1. The Bertz CT molecular complexity index is 841. The molecule has 0 saturated carbocycles. The molecule has 0 saturated heterocycles. The summed E-state index contributed by atoms with van der Waals surface area (Å²) in [5.41, 5.74) is 6.84. The third-order valence-electron chi connectivity index (χ3n) is 3.47. The van der Waals surface area contributed by atoms with Crippen molar-refractivity contribution in [1.29, 1.82) is 0 Å². The third kappa shape index (κ3) is 3.93. The Balaban J connectivity index is 1.71. The Morgan fingerprint density at radius 1 is 1.12 bits per heavy atom. The van der Waals surface area contributed by atoms with Gasteiger partial charge in [-0.2, -0.15) is 5.10 Å². The largest absolute Gasteiger partial charge is 0.497 e. The molecule has 0 fully saturated rings. The van der Waals surface area contributed by atoms with E-state index < -0.39 is 0 Å². The highest BCUT2D eigenvalue weighted by atomic mass is 35.5. The molecule has 0 bridgehead atoms. The number of ether oxygens (including phenoxy) is 1. The number of nitrogens with zero attached hydrogens (tertiary/aromatic N) is 2. The summed E-state index contributed by atoms with van der Waals surface area (Å²) in [7, 11) is 1.65. The van der Waals surface area contributed by atoms with Crippen LogP contribution in [-0.2, 0) is 0 Å². The molecule has 3 rings (SSSR count). The second-order valence-electron chi connectivity index (χ2n) is 5.08. The molecule has 0 unspecified atom stereocenters. The molecule has 2 aromatic carbocycles. The molecular weight excluding hydrogens is 342 g/mol. The fraction of sp³-hybridized carbons (Fsp3) is 0.111. The van der Waals surface area contributed by atoms with Crippen LogP contribution in [-0.4, -0.2) is 17.8 Å². The Kier molecular flexibility index (Phi) is 5.13. The summed E-state index contributed by atoms with van der Waals surface area (Å²) in [6.07, 6.45) is 0. The van der Waals surface area contributed by atoms with Gasteiger partial charge < -0.3 is 4.74 Å². The van der Waals surface area contributed by atoms with Crippen molar-refractivity contribution in [1.82, 2.24) is 4.98 Å². The zero-order chi connectivity index (χ0) is 16.9. The summed E-state index contributed by atoms with van der Waals surface area (Å²) in [4.78, 5) is 4.55. The molecule has 0 amide bonds. The topological polar surface area (TPSA) is 46.5 Å². The van der Waals surface area contributed by atoms with Crippen LogP contribution < -0.4 is 10.2 Å². The zero-order valence-electron chi connectivity index (χ0n) is 13.3. The van der Waals surface area contributed by atoms with Gasteiger partial charge in [0.25, 0.3) is 0 Å². The standard InChI is InChI=1S/C18H16ClN3OS/c1-12(13-3-7-15(19)8-4-13)21-22-18-20-17(11-24-18)14-5-9-16(23-2)10-6-14/h3-11H,1-2H3,(H,20,22)/b21-12-. The molecule has 0 aliphatic heterocycles. The first-order chi connectivity index (χ1) is 11.7.